The fourth-order valence-electron chi connectivity index (χ4n) is 2.26. The van der Waals surface area contributed by atoms with Crippen LogP contribution in [0.1, 0.15) is 32.6 Å². The van der Waals surface area contributed by atoms with Crippen LogP contribution < -0.4 is 10.6 Å². The highest BCUT2D eigenvalue weighted by molar-refractivity contribution is 5.74. The average molecular weight is 270 g/mol. The first-order valence-corrected chi connectivity index (χ1v) is 7.04. The van der Waals surface area contributed by atoms with E-state index < -0.39 is 0 Å². The molecule has 0 aromatic carbocycles. The molecule has 110 valence electrons. The molecule has 2 amide bonds. The minimum Gasteiger partial charge on any atom is -0.396 e. The van der Waals surface area contributed by atoms with Crippen molar-refractivity contribution in [2.45, 2.75) is 44.7 Å². The molecule has 0 fully saturated rings. The molecule has 3 atom stereocenters. The van der Waals surface area contributed by atoms with Gasteiger partial charge in [-0.3, -0.25) is 0 Å². The molecule has 19 heavy (non-hydrogen) atoms. The molecule has 0 spiro atoms. The van der Waals surface area contributed by atoms with Crippen molar-refractivity contribution in [2.75, 3.05) is 20.3 Å². The zero-order valence-corrected chi connectivity index (χ0v) is 11.9. The van der Waals surface area contributed by atoms with Crippen molar-refractivity contribution in [1.29, 1.82) is 0 Å². The summed E-state index contributed by atoms with van der Waals surface area (Å²) >= 11 is 0. The lowest BCUT2D eigenvalue weighted by molar-refractivity contribution is 0.160. The first kappa shape index (κ1) is 16.0. The fraction of sp³-hybridized carbons (Fsp3) is 0.786. The largest absolute Gasteiger partial charge is 0.396 e. The van der Waals surface area contributed by atoms with Crippen LogP contribution in [-0.4, -0.2) is 43.5 Å². The van der Waals surface area contributed by atoms with Gasteiger partial charge in [0.25, 0.3) is 0 Å². The summed E-state index contributed by atoms with van der Waals surface area (Å²) in [6.45, 7) is 2.80. The smallest absolute Gasteiger partial charge is 0.315 e. The molecule has 5 heteroatoms. The third-order valence-corrected chi connectivity index (χ3v) is 3.33. The number of rotatable bonds is 8. The number of ether oxygens (including phenoxy) is 1. The Bertz CT molecular complexity index is 294. The molecule has 0 radical (unpaired) electrons. The van der Waals surface area contributed by atoms with E-state index in [1.165, 1.54) is 0 Å². The molecule has 5 nitrogen and oxygen atoms in total. The summed E-state index contributed by atoms with van der Waals surface area (Å²) in [6, 6.07) is -0.0816. The quantitative estimate of drug-likeness (QED) is 0.584. The third-order valence-electron chi connectivity index (χ3n) is 3.33. The van der Waals surface area contributed by atoms with Crippen molar-refractivity contribution >= 4 is 6.03 Å². The number of unbranched alkanes of at least 4 members (excludes halogenated alkanes) is 1. The predicted molar refractivity (Wildman–Crippen MR) is 75.0 cm³/mol. The Morgan fingerprint density at radius 3 is 2.89 bits per heavy atom. The van der Waals surface area contributed by atoms with Crippen LogP contribution in [0.25, 0.3) is 0 Å². The van der Waals surface area contributed by atoms with Crippen LogP contribution in [0.5, 0.6) is 0 Å². The number of hydrogen-bond donors (Lipinski definition) is 3. The van der Waals surface area contributed by atoms with Crippen molar-refractivity contribution in [3.63, 3.8) is 0 Å². The Morgan fingerprint density at radius 1 is 1.53 bits per heavy atom. The Kier molecular flexibility index (Phi) is 7.52. The van der Waals surface area contributed by atoms with E-state index in [2.05, 4.69) is 17.6 Å². The van der Waals surface area contributed by atoms with Gasteiger partial charge in [0.15, 0.2) is 0 Å². The molecule has 0 heterocycles. The fourth-order valence-corrected chi connectivity index (χ4v) is 2.26. The third kappa shape index (κ3) is 6.07. The predicted octanol–water partition coefficient (Wildman–Crippen LogP) is 1.43. The number of aliphatic hydroxyl groups excluding tert-OH is 1. The second-order valence-corrected chi connectivity index (χ2v) is 5.08. The van der Waals surface area contributed by atoms with E-state index in [0.717, 1.165) is 25.7 Å². The van der Waals surface area contributed by atoms with E-state index in [9.17, 15) is 4.79 Å². The molecule has 1 unspecified atom stereocenters. The topological polar surface area (TPSA) is 70.6 Å². The molecular formula is C14H26N2O3. The van der Waals surface area contributed by atoms with E-state index in [1.54, 1.807) is 7.11 Å². The molecule has 3 N–H and O–H groups in total. The summed E-state index contributed by atoms with van der Waals surface area (Å²) in [4.78, 5) is 11.9. The van der Waals surface area contributed by atoms with Gasteiger partial charge < -0.3 is 20.5 Å². The Morgan fingerprint density at radius 2 is 2.32 bits per heavy atom. The van der Waals surface area contributed by atoms with E-state index >= 15 is 0 Å². The molecule has 0 saturated heterocycles. The Labute approximate surface area is 115 Å². The number of carbonyl (C=O) groups is 1. The number of urea groups is 1. The zero-order valence-electron chi connectivity index (χ0n) is 11.9. The molecule has 0 aliphatic heterocycles. The number of amides is 2. The van der Waals surface area contributed by atoms with Crippen LogP contribution in [0.3, 0.4) is 0 Å². The molecule has 1 rings (SSSR count). The van der Waals surface area contributed by atoms with Gasteiger partial charge in [-0.1, -0.05) is 31.9 Å². The highest BCUT2D eigenvalue weighted by Gasteiger charge is 2.20. The lowest BCUT2D eigenvalue weighted by Gasteiger charge is -2.20. The molecule has 0 aromatic heterocycles. The SMILES string of the molecule is CCCCC(COC)NC(=O)N[C@@H]1C=C[C@H](CO)C1. The summed E-state index contributed by atoms with van der Waals surface area (Å²) in [5.74, 6) is 0.167. The standard InChI is InChI=1S/C14H26N2O3/c1-3-4-5-13(10-19-2)16-14(18)15-12-7-6-11(8-12)9-17/h6-7,11-13,17H,3-5,8-10H2,1-2H3,(H2,15,16,18)/t11-,12+,13?/m0/s1. The van der Waals surface area contributed by atoms with Crippen LogP contribution in [0.4, 0.5) is 4.79 Å². The highest BCUT2D eigenvalue weighted by atomic mass is 16.5. The minimum absolute atomic E-state index is 0.0199. The lowest BCUT2D eigenvalue weighted by Crippen LogP contribution is -2.47. The molecule has 1 aliphatic carbocycles. The van der Waals surface area contributed by atoms with Crippen molar-refractivity contribution in [3.05, 3.63) is 12.2 Å². The molecule has 0 saturated carbocycles. The summed E-state index contributed by atoms with van der Waals surface area (Å²) < 4.78 is 5.12. The number of carbonyl (C=O) groups excluding carboxylic acids is 1. The van der Waals surface area contributed by atoms with Gasteiger partial charge in [-0.05, 0) is 12.8 Å². The van der Waals surface area contributed by atoms with E-state index in [1.807, 2.05) is 12.2 Å². The number of aliphatic hydroxyl groups is 1. The normalized spacial score (nSPS) is 23.3. The van der Waals surface area contributed by atoms with Gasteiger partial charge in [-0.2, -0.15) is 0 Å². The Balaban J connectivity index is 2.30. The van der Waals surface area contributed by atoms with Crippen LogP contribution >= 0.6 is 0 Å². The van der Waals surface area contributed by atoms with Crippen LogP contribution in [0, 0.1) is 5.92 Å². The summed E-state index contributed by atoms with van der Waals surface area (Å²) in [6.07, 6.45) is 7.77. The van der Waals surface area contributed by atoms with E-state index in [-0.39, 0.29) is 30.6 Å². The van der Waals surface area contributed by atoms with Crippen LogP contribution in [0.2, 0.25) is 0 Å². The van der Waals surface area contributed by atoms with E-state index in [4.69, 9.17) is 9.84 Å². The molecule has 0 bridgehead atoms. The van der Waals surface area contributed by atoms with Gasteiger partial charge in [-0.25, -0.2) is 4.79 Å². The highest BCUT2D eigenvalue weighted by Crippen LogP contribution is 2.16. The first-order chi connectivity index (χ1) is 9.19. The lowest BCUT2D eigenvalue weighted by atomic mass is 10.1. The van der Waals surface area contributed by atoms with Gasteiger partial charge >= 0.3 is 6.03 Å². The molecule has 1 aliphatic rings. The second kappa shape index (κ2) is 8.93. The average Bonchev–Trinajstić information content (AvgIpc) is 2.83. The maximum absolute atomic E-state index is 11.9. The van der Waals surface area contributed by atoms with Crippen LogP contribution in [0.15, 0.2) is 12.2 Å². The van der Waals surface area contributed by atoms with Crippen molar-refractivity contribution < 1.29 is 14.6 Å². The summed E-state index contributed by atoms with van der Waals surface area (Å²) in [5, 5.41) is 14.9. The van der Waals surface area contributed by atoms with Crippen LogP contribution in [-0.2, 0) is 4.74 Å². The first-order valence-electron chi connectivity index (χ1n) is 7.04. The monoisotopic (exact) mass is 270 g/mol. The van der Waals surface area contributed by atoms with Gasteiger partial charge in [0.05, 0.1) is 12.6 Å². The number of hydrogen-bond acceptors (Lipinski definition) is 3. The molecule has 0 aromatic rings. The Hall–Kier alpha value is -1.07. The van der Waals surface area contributed by atoms with E-state index in [0.29, 0.717) is 6.61 Å². The van der Waals surface area contributed by atoms with Gasteiger partial charge in [0, 0.05) is 25.7 Å². The van der Waals surface area contributed by atoms with Gasteiger partial charge in [0.2, 0.25) is 0 Å². The van der Waals surface area contributed by atoms with Gasteiger partial charge in [-0.15, -0.1) is 0 Å². The van der Waals surface area contributed by atoms with Crippen molar-refractivity contribution in [1.82, 2.24) is 10.6 Å². The maximum Gasteiger partial charge on any atom is 0.315 e. The molecular weight excluding hydrogens is 244 g/mol. The summed E-state index contributed by atoms with van der Waals surface area (Å²) in [7, 11) is 1.64. The minimum atomic E-state index is -0.161. The van der Waals surface area contributed by atoms with Crippen molar-refractivity contribution in [3.8, 4) is 0 Å². The zero-order chi connectivity index (χ0) is 14.1. The number of methoxy groups -OCH3 is 1. The maximum atomic E-state index is 11.9. The number of nitrogens with one attached hydrogen (secondary N) is 2. The van der Waals surface area contributed by atoms with Gasteiger partial charge in [0.1, 0.15) is 0 Å². The van der Waals surface area contributed by atoms with Crippen molar-refractivity contribution in [2.24, 2.45) is 5.92 Å². The second-order valence-electron chi connectivity index (χ2n) is 5.08. The summed E-state index contributed by atoms with van der Waals surface area (Å²) in [5.41, 5.74) is 0.